The van der Waals surface area contributed by atoms with Gasteiger partial charge in [0.25, 0.3) is 5.91 Å². The zero-order chi connectivity index (χ0) is 22.6. The summed E-state index contributed by atoms with van der Waals surface area (Å²) in [6, 6.07) is 7.20. The Balaban J connectivity index is 1.67. The van der Waals surface area contributed by atoms with Gasteiger partial charge in [0, 0.05) is 32.4 Å². The van der Waals surface area contributed by atoms with Crippen LogP contribution in [-0.2, 0) is 10.0 Å². The number of hydrogen-bond donors (Lipinski definition) is 0. The number of benzene rings is 1. The first-order valence-corrected chi connectivity index (χ1v) is 10.8. The van der Waals surface area contributed by atoms with Crippen molar-refractivity contribution in [1.29, 1.82) is 0 Å². The van der Waals surface area contributed by atoms with Crippen LogP contribution >= 0.6 is 0 Å². The largest absolute Gasteiger partial charge is 0.573 e. The van der Waals surface area contributed by atoms with Crippen LogP contribution in [0.2, 0.25) is 0 Å². The van der Waals surface area contributed by atoms with E-state index in [4.69, 9.17) is 4.74 Å². The lowest BCUT2D eigenvalue weighted by Gasteiger charge is -2.34. The summed E-state index contributed by atoms with van der Waals surface area (Å²) in [4.78, 5) is 18.2. The number of aromatic nitrogens is 1. The smallest absolute Gasteiger partial charge is 0.477 e. The number of ether oxygens (including phenoxy) is 2. The monoisotopic (exact) mass is 459 g/mol. The molecule has 12 heteroatoms. The molecular formula is C19H20F3N3O5S. The van der Waals surface area contributed by atoms with Crippen LogP contribution in [0.5, 0.6) is 11.6 Å². The van der Waals surface area contributed by atoms with Gasteiger partial charge in [-0.15, -0.1) is 13.2 Å². The Morgan fingerprint density at radius 2 is 1.74 bits per heavy atom. The van der Waals surface area contributed by atoms with Gasteiger partial charge in [-0.1, -0.05) is 0 Å². The number of halogens is 3. The zero-order valence-electron chi connectivity index (χ0n) is 16.5. The molecule has 1 amide bonds. The first kappa shape index (κ1) is 22.8. The summed E-state index contributed by atoms with van der Waals surface area (Å²) in [5.41, 5.74) is 0.293. The van der Waals surface area contributed by atoms with Crippen LogP contribution in [0.3, 0.4) is 0 Å². The van der Waals surface area contributed by atoms with Gasteiger partial charge in [-0.05, 0) is 43.3 Å². The highest BCUT2D eigenvalue weighted by atomic mass is 32.2. The number of rotatable bonds is 6. The summed E-state index contributed by atoms with van der Waals surface area (Å²) in [6.45, 7) is 2.49. The number of piperazine rings is 1. The van der Waals surface area contributed by atoms with Crippen molar-refractivity contribution in [2.24, 2.45) is 0 Å². The normalized spacial score (nSPS) is 15.5. The Morgan fingerprint density at radius 3 is 2.32 bits per heavy atom. The molecule has 0 radical (unpaired) electrons. The number of nitrogens with zero attached hydrogens (tertiary/aromatic N) is 3. The number of alkyl halides is 3. The number of sulfonamides is 1. The molecular weight excluding hydrogens is 439 g/mol. The Bertz CT molecular complexity index is 1020. The Morgan fingerprint density at radius 1 is 1.10 bits per heavy atom. The second-order valence-electron chi connectivity index (χ2n) is 6.50. The van der Waals surface area contributed by atoms with Gasteiger partial charge in [0.2, 0.25) is 15.9 Å². The van der Waals surface area contributed by atoms with Crippen molar-refractivity contribution in [2.75, 3.05) is 32.8 Å². The van der Waals surface area contributed by atoms with Crippen LogP contribution in [0, 0.1) is 0 Å². The van der Waals surface area contributed by atoms with Gasteiger partial charge in [0.1, 0.15) is 11.3 Å². The van der Waals surface area contributed by atoms with Gasteiger partial charge >= 0.3 is 6.36 Å². The quantitative estimate of drug-likeness (QED) is 0.660. The van der Waals surface area contributed by atoms with Crippen molar-refractivity contribution < 1.29 is 35.9 Å². The summed E-state index contributed by atoms with van der Waals surface area (Å²) in [7, 11) is -3.93. The molecule has 1 aliphatic heterocycles. The molecule has 1 aromatic heterocycles. The van der Waals surface area contributed by atoms with E-state index < -0.39 is 22.1 Å². The number of hydrogen-bond acceptors (Lipinski definition) is 6. The van der Waals surface area contributed by atoms with Gasteiger partial charge in [-0.3, -0.25) is 4.79 Å². The Labute approximate surface area is 177 Å². The summed E-state index contributed by atoms with van der Waals surface area (Å²) >= 11 is 0. The fourth-order valence-corrected chi connectivity index (χ4v) is 4.49. The molecule has 0 aliphatic carbocycles. The van der Waals surface area contributed by atoms with E-state index in [9.17, 15) is 26.4 Å². The van der Waals surface area contributed by atoms with E-state index in [1.807, 2.05) is 0 Å². The van der Waals surface area contributed by atoms with E-state index >= 15 is 0 Å². The van der Waals surface area contributed by atoms with Crippen LogP contribution in [0.1, 0.15) is 17.3 Å². The molecule has 1 fully saturated rings. The average molecular weight is 459 g/mol. The minimum atomic E-state index is -4.86. The minimum Gasteiger partial charge on any atom is -0.477 e. The van der Waals surface area contributed by atoms with Gasteiger partial charge < -0.3 is 14.4 Å². The highest BCUT2D eigenvalue weighted by Crippen LogP contribution is 2.26. The van der Waals surface area contributed by atoms with Crippen LogP contribution in [0.4, 0.5) is 13.2 Å². The lowest BCUT2D eigenvalue weighted by atomic mass is 10.2. The molecule has 0 bridgehead atoms. The first-order chi connectivity index (χ1) is 14.6. The molecule has 1 saturated heterocycles. The van der Waals surface area contributed by atoms with Crippen molar-refractivity contribution in [1.82, 2.24) is 14.2 Å². The molecule has 1 aliphatic rings. The third kappa shape index (κ3) is 5.44. The summed E-state index contributed by atoms with van der Waals surface area (Å²) < 4.78 is 72.7. The lowest BCUT2D eigenvalue weighted by Crippen LogP contribution is -2.50. The molecule has 8 nitrogen and oxygen atoms in total. The van der Waals surface area contributed by atoms with Crippen LogP contribution in [0.15, 0.2) is 47.5 Å². The number of carbonyl (C=O) groups is 1. The Hall–Kier alpha value is -2.86. The average Bonchev–Trinajstić information content (AvgIpc) is 2.73. The second kappa shape index (κ2) is 9.10. The fraction of sp³-hybridized carbons (Fsp3) is 0.368. The van der Waals surface area contributed by atoms with E-state index in [1.54, 1.807) is 19.1 Å². The van der Waals surface area contributed by atoms with E-state index in [2.05, 4.69) is 9.72 Å². The standard InChI is InChI=1S/C19H20F3N3O5S/c1-2-29-17-16(4-3-9-23-17)18(26)24-10-12-25(13-11-24)31(27,28)15-7-5-14(6-8-15)30-19(20,21)22/h3-9H,2,10-13H2,1H3. The highest BCUT2D eigenvalue weighted by molar-refractivity contribution is 7.89. The highest BCUT2D eigenvalue weighted by Gasteiger charge is 2.33. The third-order valence-electron chi connectivity index (χ3n) is 4.50. The molecule has 168 valence electrons. The van der Waals surface area contributed by atoms with E-state index in [1.165, 1.54) is 15.4 Å². The molecule has 0 saturated carbocycles. The second-order valence-corrected chi connectivity index (χ2v) is 8.44. The predicted octanol–water partition coefficient (Wildman–Crippen LogP) is 2.53. The van der Waals surface area contributed by atoms with Gasteiger partial charge in [-0.25, -0.2) is 13.4 Å². The SMILES string of the molecule is CCOc1ncccc1C(=O)N1CCN(S(=O)(=O)c2ccc(OC(F)(F)F)cc2)CC1. The molecule has 3 rings (SSSR count). The summed E-state index contributed by atoms with van der Waals surface area (Å²) in [5, 5.41) is 0. The van der Waals surface area contributed by atoms with Crippen molar-refractivity contribution in [2.45, 2.75) is 18.2 Å². The van der Waals surface area contributed by atoms with Crippen LogP contribution < -0.4 is 9.47 Å². The van der Waals surface area contributed by atoms with Crippen LogP contribution in [0.25, 0.3) is 0 Å². The Kier molecular flexibility index (Phi) is 6.70. The number of pyridine rings is 1. The predicted molar refractivity (Wildman–Crippen MR) is 103 cm³/mol. The van der Waals surface area contributed by atoms with Crippen molar-refractivity contribution in [3.8, 4) is 11.6 Å². The third-order valence-corrected chi connectivity index (χ3v) is 6.42. The maximum Gasteiger partial charge on any atom is 0.573 e. The van der Waals surface area contributed by atoms with E-state index in [-0.39, 0.29) is 42.9 Å². The lowest BCUT2D eigenvalue weighted by molar-refractivity contribution is -0.274. The molecule has 0 N–H and O–H groups in total. The van der Waals surface area contributed by atoms with Gasteiger partial charge in [-0.2, -0.15) is 4.31 Å². The molecule has 0 atom stereocenters. The molecule has 0 spiro atoms. The van der Waals surface area contributed by atoms with Crippen LogP contribution in [-0.4, -0.2) is 67.7 Å². The van der Waals surface area contributed by atoms with Crippen molar-refractivity contribution in [3.63, 3.8) is 0 Å². The molecule has 1 aromatic carbocycles. The van der Waals surface area contributed by atoms with Crippen molar-refractivity contribution in [3.05, 3.63) is 48.2 Å². The molecule has 2 heterocycles. The fourth-order valence-electron chi connectivity index (χ4n) is 3.07. The molecule has 31 heavy (non-hydrogen) atoms. The zero-order valence-corrected chi connectivity index (χ0v) is 17.3. The minimum absolute atomic E-state index is 0.0408. The van der Waals surface area contributed by atoms with Gasteiger partial charge in [0.15, 0.2) is 0 Å². The maximum absolute atomic E-state index is 12.8. The van der Waals surface area contributed by atoms with Gasteiger partial charge in [0.05, 0.1) is 11.5 Å². The maximum atomic E-state index is 12.8. The van der Waals surface area contributed by atoms with E-state index in [0.29, 0.717) is 12.2 Å². The summed E-state index contributed by atoms with van der Waals surface area (Å²) in [5.74, 6) is -0.614. The number of amides is 1. The number of carbonyl (C=O) groups excluding carboxylic acids is 1. The molecule has 0 unspecified atom stereocenters. The van der Waals surface area contributed by atoms with Crippen molar-refractivity contribution >= 4 is 15.9 Å². The first-order valence-electron chi connectivity index (χ1n) is 9.35. The summed E-state index contributed by atoms with van der Waals surface area (Å²) in [6.07, 6.45) is -3.35. The molecule has 2 aromatic rings. The topological polar surface area (TPSA) is 89.0 Å². The van der Waals surface area contributed by atoms with E-state index in [0.717, 1.165) is 24.3 Å².